The second kappa shape index (κ2) is 7.62. The molecule has 0 aliphatic heterocycles. The summed E-state index contributed by atoms with van der Waals surface area (Å²) in [6, 6.07) is 0. The zero-order chi connectivity index (χ0) is 16.2. The second-order valence-electron chi connectivity index (χ2n) is 6.38. The van der Waals surface area contributed by atoms with Crippen molar-refractivity contribution in [1.29, 1.82) is 0 Å². The van der Waals surface area contributed by atoms with E-state index >= 15 is 0 Å². The van der Waals surface area contributed by atoms with E-state index in [4.69, 9.17) is 0 Å². The van der Waals surface area contributed by atoms with Gasteiger partial charge in [0.15, 0.2) is 0 Å². The Morgan fingerprint density at radius 2 is 0.762 bits per heavy atom. The van der Waals surface area contributed by atoms with Crippen LogP contribution in [0.4, 0.5) is 0 Å². The van der Waals surface area contributed by atoms with Crippen LogP contribution in [0.25, 0.3) is 0 Å². The first-order valence-electron chi connectivity index (χ1n) is 7.77. The van der Waals surface area contributed by atoms with Gasteiger partial charge < -0.3 is 0 Å². The fraction of sp³-hybridized carbons (Fsp3) is 0.765. The molecule has 1 rings (SSSR count). The van der Waals surface area contributed by atoms with Crippen molar-refractivity contribution < 1.29 is 19.2 Å². The van der Waals surface area contributed by atoms with E-state index in [1.54, 1.807) is 0 Å². The Morgan fingerprint density at radius 3 is 1.00 bits per heavy atom. The molecule has 0 amide bonds. The largest absolute Gasteiger partial charge is 0.300 e. The van der Waals surface area contributed by atoms with Gasteiger partial charge in [-0.3, -0.25) is 19.2 Å². The molecule has 1 aliphatic carbocycles. The second-order valence-corrected chi connectivity index (χ2v) is 6.38. The molecule has 0 bridgehead atoms. The number of rotatable bonds is 4. The Kier molecular flexibility index (Phi) is 6.43. The van der Waals surface area contributed by atoms with Crippen molar-refractivity contribution in [3.8, 4) is 0 Å². The van der Waals surface area contributed by atoms with Crippen molar-refractivity contribution in [2.24, 2.45) is 23.7 Å². The van der Waals surface area contributed by atoms with Crippen LogP contribution in [-0.4, -0.2) is 23.1 Å². The molecule has 4 heteroatoms. The van der Waals surface area contributed by atoms with E-state index in [2.05, 4.69) is 0 Å². The maximum absolute atomic E-state index is 11.9. The number of hydrogen-bond donors (Lipinski definition) is 0. The van der Waals surface area contributed by atoms with Gasteiger partial charge in [0, 0.05) is 23.7 Å². The average Bonchev–Trinajstić information content (AvgIpc) is 2.45. The fourth-order valence-corrected chi connectivity index (χ4v) is 3.67. The van der Waals surface area contributed by atoms with Crippen molar-refractivity contribution in [2.45, 2.75) is 59.8 Å². The molecule has 0 spiro atoms. The van der Waals surface area contributed by atoms with Crippen LogP contribution in [0.3, 0.4) is 0 Å². The molecular formula is C17H26O4. The van der Waals surface area contributed by atoms with Crippen LogP contribution in [0.2, 0.25) is 0 Å². The smallest absolute Gasteiger partial charge is 0.133 e. The van der Waals surface area contributed by atoms with Crippen molar-refractivity contribution in [3.63, 3.8) is 0 Å². The molecule has 0 saturated heterocycles. The highest BCUT2D eigenvalue weighted by Gasteiger charge is 2.35. The topological polar surface area (TPSA) is 68.3 Å². The minimum absolute atomic E-state index is 0.0128. The minimum atomic E-state index is -0.310. The Balaban J connectivity index is 3.04. The van der Waals surface area contributed by atoms with Crippen LogP contribution >= 0.6 is 0 Å². The summed E-state index contributed by atoms with van der Waals surface area (Å²) >= 11 is 0. The first-order chi connectivity index (χ1) is 9.75. The molecule has 1 fully saturated rings. The Bertz CT molecular complexity index is 398. The van der Waals surface area contributed by atoms with Gasteiger partial charge in [0.25, 0.3) is 0 Å². The molecule has 0 N–H and O–H groups in total. The lowest BCUT2D eigenvalue weighted by Gasteiger charge is -2.24. The normalized spacial score (nSPS) is 30.7. The summed E-state index contributed by atoms with van der Waals surface area (Å²) in [6.07, 6.45) is 3.02. The number of ketones is 4. The van der Waals surface area contributed by atoms with Gasteiger partial charge in [0.2, 0.25) is 0 Å². The lowest BCUT2D eigenvalue weighted by Crippen LogP contribution is -2.29. The number of Topliss-reactive ketones (excluding diaryl/α,β-unsaturated/α-hetero) is 4. The number of carbonyl (C=O) groups excluding carboxylic acids is 4. The molecule has 1 aliphatic rings. The van der Waals surface area contributed by atoms with Gasteiger partial charge in [-0.05, 0) is 53.4 Å². The average molecular weight is 294 g/mol. The third-order valence-electron chi connectivity index (χ3n) is 4.88. The summed E-state index contributed by atoms with van der Waals surface area (Å²) in [7, 11) is 0. The van der Waals surface area contributed by atoms with Gasteiger partial charge in [-0.2, -0.15) is 0 Å². The number of hydrogen-bond acceptors (Lipinski definition) is 4. The molecule has 4 nitrogen and oxygen atoms in total. The quantitative estimate of drug-likeness (QED) is 0.799. The summed E-state index contributed by atoms with van der Waals surface area (Å²) in [6.45, 7) is 6.10. The zero-order valence-corrected chi connectivity index (χ0v) is 13.5. The van der Waals surface area contributed by atoms with Crippen LogP contribution < -0.4 is 0 Å². The predicted molar refractivity (Wildman–Crippen MR) is 79.8 cm³/mol. The highest BCUT2D eigenvalue weighted by molar-refractivity contribution is 5.89. The van der Waals surface area contributed by atoms with E-state index in [1.165, 1.54) is 27.7 Å². The van der Waals surface area contributed by atoms with Gasteiger partial charge in [-0.1, -0.05) is 6.42 Å². The fourth-order valence-electron chi connectivity index (χ4n) is 3.67. The Labute approximate surface area is 126 Å². The Hall–Kier alpha value is -1.32. The maximum Gasteiger partial charge on any atom is 0.133 e. The molecule has 0 aromatic rings. The van der Waals surface area contributed by atoms with E-state index < -0.39 is 0 Å². The first kappa shape index (κ1) is 17.7. The number of carbonyl (C=O) groups is 4. The monoisotopic (exact) mass is 294 g/mol. The van der Waals surface area contributed by atoms with Gasteiger partial charge in [0.05, 0.1) is 0 Å². The maximum atomic E-state index is 11.9. The molecule has 1 saturated carbocycles. The van der Waals surface area contributed by atoms with E-state index in [1.807, 2.05) is 0 Å². The van der Waals surface area contributed by atoms with Crippen LogP contribution in [0.5, 0.6) is 0 Å². The van der Waals surface area contributed by atoms with E-state index in [0.29, 0.717) is 32.1 Å². The van der Waals surface area contributed by atoms with Crippen molar-refractivity contribution >= 4 is 23.1 Å². The van der Waals surface area contributed by atoms with Gasteiger partial charge in [-0.15, -0.1) is 0 Å². The van der Waals surface area contributed by atoms with Gasteiger partial charge in [0.1, 0.15) is 23.1 Å². The van der Waals surface area contributed by atoms with Crippen molar-refractivity contribution in [3.05, 3.63) is 0 Å². The molecule has 0 radical (unpaired) electrons. The summed E-state index contributed by atoms with van der Waals surface area (Å²) < 4.78 is 0. The van der Waals surface area contributed by atoms with E-state index in [0.717, 1.165) is 0 Å². The third kappa shape index (κ3) is 4.58. The van der Waals surface area contributed by atoms with E-state index in [9.17, 15) is 19.2 Å². The molecule has 0 aromatic carbocycles. The van der Waals surface area contributed by atoms with Crippen LogP contribution in [0.15, 0.2) is 0 Å². The summed E-state index contributed by atoms with van der Waals surface area (Å²) in [5, 5.41) is 0. The molecule has 0 heterocycles. The summed E-state index contributed by atoms with van der Waals surface area (Å²) in [5.41, 5.74) is 0. The predicted octanol–water partition coefficient (Wildman–Crippen LogP) is 2.77. The highest BCUT2D eigenvalue weighted by atomic mass is 16.1. The van der Waals surface area contributed by atoms with Crippen LogP contribution in [0.1, 0.15) is 59.8 Å². The van der Waals surface area contributed by atoms with Gasteiger partial charge in [-0.25, -0.2) is 0 Å². The standard InChI is InChI=1S/C17H26O4/c1-10(18)14-6-5-7-15(11(2)19)17(13(4)21)9-8-16(14)12(3)20/h14-17H,5-9H2,1-4H3. The van der Waals surface area contributed by atoms with Gasteiger partial charge >= 0.3 is 0 Å². The van der Waals surface area contributed by atoms with E-state index in [-0.39, 0.29) is 46.8 Å². The van der Waals surface area contributed by atoms with Crippen LogP contribution in [-0.2, 0) is 19.2 Å². The third-order valence-corrected chi connectivity index (χ3v) is 4.88. The molecular weight excluding hydrogens is 268 g/mol. The summed E-state index contributed by atoms with van der Waals surface area (Å²) in [5.74, 6) is -1.05. The molecule has 4 atom stereocenters. The summed E-state index contributed by atoms with van der Waals surface area (Å²) in [4.78, 5) is 47.4. The molecule has 118 valence electrons. The molecule has 0 aromatic heterocycles. The lowest BCUT2D eigenvalue weighted by molar-refractivity contribution is -0.132. The zero-order valence-electron chi connectivity index (χ0n) is 13.5. The Morgan fingerprint density at radius 1 is 0.524 bits per heavy atom. The molecule has 4 unspecified atom stereocenters. The highest BCUT2D eigenvalue weighted by Crippen LogP contribution is 2.34. The SMILES string of the molecule is CC(=O)C1CCCC(C(C)=O)C(C(C)=O)CCC1C(C)=O. The van der Waals surface area contributed by atoms with Crippen molar-refractivity contribution in [2.75, 3.05) is 0 Å². The van der Waals surface area contributed by atoms with Crippen LogP contribution in [0, 0.1) is 23.7 Å². The minimum Gasteiger partial charge on any atom is -0.300 e. The first-order valence-corrected chi connectivity index (χ1v) is 7.77. The molecule has 21 heavy (non-hydrogen) atoms. The lowest BCUT2D eigenvalue weighted by atomic mass is 9.78. The van der Waals surface area contributed by atoms with Crippen molar-refractivity contribution in [1.82, 2.24) is 0 Å².